The Balaban J connectivity index is 2.00. The molecule has 4 nitrogen and oxygen atoms in total. The first kappa shape index (κ1) is 13.0. The molecule has 1 saturated heterocycles. The molecule has 1 aromatic carbocycles. The minimum atomic E-state index is -1.50. The zero-order chi connectivity index (χ0) is 14.3. The van der Waals surface area contributed by atoms with Crippen molar-refractivity contribution in [3.63, 3.8) is 0 Å². The SMILES string of the molecule is Nc1cn(-c2cc(F)c(F)c(F)c2)nc1C1CCOC1. The third-order valence-corrected chi connectivity index (χ3v) is 3.32. The van der Waals surface area contributed by atoms with E-state index in [1.807, 2.05) is 0 Å². The minimum absolute atomic E-state index is 0.0754. The van der Waals surface area contributed by atoms with E-state index in [1.54, 1.807) is 0 Å². The maximum atomic E-state index is 13.2. The van der Waals surface area contributed by atoms with Gasteiger partial charge in [-0.3, -0.25) is 0 Å². The van der Waals surface area contributed by atoms with Crippen LogP contribution in [0.5, 0.6) is 0 Å². The van der Waals surface area contributed by atoms with E-state index in [-0.39, 0.29) is 11.6 Å². The Labute approximate surface area is 112 Å². The monoisotopic (exact) mass is 283 g/mol. The number of nitrogens with two attached hydrogens (primary N) is 1. The largest absolute Gasteiger partial charge is 0.396 e. The lowest BCUT2D eigenvalue weighted by atomic mass is 10.0. The van der Waals surface area contributed by atoms with Crippen LogP contribution in [-0.4, -0.2) is 23.0 Å². The van der Waals surface area contributed by atoms with Crippen LogP contribution < -0.4 is 5.73 Å². The van der Waals surface area contributed by atoms with E-state index in [9.17, 15) is 13.2 Å². The van der Waals surface area contributed by atoms with Crippen LogP contribution in [0.1, 0.15) is 18.0 Å². The van der Waals surface area contributed by atoms with Crippen molar-refractivity contribution in [2.75, 3.05) is 18.9 Å². The molecule has 1 aromatic heterocycles. The molecule has 7 heteroatoms. The minimum Gasteiger partial charge on any atom is -0.396 e. The van der Waals surface area contributed by atoms with Gasteiger partial charge in [-0.25, -0.2) is 17.9 Å². The van der Waals surface area contributed by atoms with Gasteiger partial charge >= 0.3 is 0 Å². The average Bonchev–Trinajstić information content (AvgIpc) is 3.04. The summed E-state index contributed by atoms with van der Waals surface area (Å²) in [5, 5.41) is 4.23. The number of aromatic nitrogens is 2. The van der Waals surface area contributed by atoms with Gasteiger partial charge in [0.1, 0.15) is 0 Å². The predicted molar refractivity (Wildman–Crippen MR) is 66.0 cm³/mol. The number of hydrogen-bond donors (Lipinski definition) is 1. The van der Waals surface area contributed by atoms with E-state index in [1.165, 1.54) is 10.9 Å². The summed E-state index contributed by atoms with van der Waals surface area (Å²) in [6, 6.07) is 1.75. The molecule has 0 spiro atoms. The molecule has 2 aromatic rings. The van der Waals surface area contributed by atoms with Crippen LogP contribution >= 0.6 is 0 Å². The van der Waals surface area contributed by atoms with Gasteiger partial charge in [0.2, 0.25) is 0 Å². The molecule has 0 bridgehead atoms. The Morgan fingerprint density at radius 2 is 1.95 bits per heavy atom. The molecule has 0 saturated carbocycles. The van der Waals surface area contributed by atoms with Crippen LogP contribution in [0.15, 0.2) is 18.3 Å². The lowest BCUT2D eigenvalue weighted by molar-refractivity contribution is 0.193. The fourth-order valence-electron chi connectivity index (χ4n) is 2.27. The van der Waals surface area contributed by atoms with Crippen molar-refractivity contribution in [2.45, 2.75) is 12.3 Å². The second-order valence-electron chi connectivity index (χ2n) is 4.70. The zero-order valence-corrected chi connectivity index (χ0v) is 10.4. The fraction of sp³-hybridized carbons (Fsp3) is 0.308. The number of nitrogen functional groups attached to an aromatic ring is 1. The molecule has 1 unspecified atom stereocenters. The van der Waals surface area contributed by atoms with Gasteiger partial charge in [0.05, 0.1) is 29.9 Å². The van der Waals surface area contributed by atoms with Gasteiger partial charge in [0.15, 0.2) is 17.5 Å². The first-order valence-corrected chi connectivity index (χ1v) is 6.14. The molecule has 3 rings (SSSR count). The Morgan fingerprint density at radius 3 is 2.55 bits per heavy atom. The molecule has 0 aliphatic carbocycles. The van der Waals surface area contributed by atoms with Gasteiger partial charge < -0.3 is 10.5 Å². The summed E-state index contributed by atoms with van der Waals surface area (Å²) < 4.78 is 45.9. The lowest BCUT2D eigenvalue weighted by Gasteiger charge is -2.05. The molecule has 1 aliphatic heterocycles. The Kier molecular flexibility index (Phi) is 3.13. The highest BCUT2D eigenvalue weighted by molar-refractivity contribution is 5.46. The summed E-state index contributed by atoms with van der Waals surface area (Å²) in [6.45, 7) is 1.16. The molecule has 106 valence electrons. The molecule has 2 N–H and O–H groups in total. The van der Waals surface area contributed by atoms with Crippen molar-refractivity contribution < 1.29 is 17.9 Å². The van der Waals surface area contributed by atoms with E-state index < -0.39 is 17.5 Å². The summed E-state index contributed by atoms with van der Waals surface area (Å²) in [5.74, 6) is -3.95. The molecule has 0 radical (unpaired) electrons. The number of ether oxygens (including phenoxy) is 1. The third kappa shape index (κ3) is 2.14. The smallest absolute Gasteiger partial charge is 0.194 e. The third-order valence-electron chi connectivity index (χ3n) is 3.32. The number of hydrogen-bond acceptors (Lipinski definition) is 3. The first-order valence-electron chi connectivity index (χ1n) is 6.14. The van der Waals surface area contributed by atoms with Gasteiger partial charge in [-0.15, -0.1) is 0 Å². The van der Waals surface area contributed by atoms with Crippen molar-refractivity contribution in [1.29, 1.82) is 0 Å². The molecule has 1 aliphatic rings. The van der Waals surface area contributed by atoms with Crippen LogP contribution in [0.4, 0.5) is 18.9 Å². The fourth-order valence-corrected chi connectivity index (χ4v) is 2.27. The number of benzene rings is 1. The summed E-state index contributed by atoms with van der Waals surface area (Å²) >= 11 is 0. The van der Waals surface area contributed by atoms with Crippen LogP contribution in [0, 0.1) is 17.5 Å². The average molecular weight is 283 g/mol. The molecular weight excluding hydrogens is 271 g/mol. The molecule has 20 heavy (non-hydrogen) atoms. The normalized spacial score (nSPS) is 18.6. The zero-order valence-electron chi connectivity index (χ0n) is 10.4. The van der Waals surface area contributed by atoms with Crippen molar-refractivity contribution in [3.05, 3.63) is 41.5 Å². The second kappa shape index (κ2) is 4.82. The van der Waals surface area contributed by atoms with Crippen LogP contribution in [0.2, 0.25) is 0 Å². The van der Waals surface area contributed by atoms with Gasteiger partial charge in [-0.2, -0.15) is 5.10 Å². The number of halogens is 3. The second-order valence-corrected chi connectivity index (χ2v) is 4.70. The molecule has 1 fully saturated rings. The molecule has 1 atom stereocenters. The molecule has 2 heterocycles. The maximum Gasteiger partial charge on any atom is 0.194 e. The van der Waals surface area contributed by atoms with Crippen molar-refractivity contribution in [3.8, 4) is 5.69 Å². The Morgan fingerprint density at radius 1 is 1.25 bits per heavy atom. The number of rotatable bonds is 2. The standard InChI is InChI=1S/C13H12F3N3O/c14-9-3-8(4-10(15)12(9)16)19-5-11(17)13(18-19)7-1-2-20-6-7/h3-5,7H,1-2,6,17H2. The van der Waals surface area contributed by atoms with E-state index >= 15 is 0 Å². The summed E-state index contributed by atoms with van der Waals surface area (Å²) in [6.07, 6.45) is 2.26. The molecular formula is C13H12F3N3O. The topological polar surface area (TPSA) is 53.1 Å². The summed E-state index contributed by atoms with van der Waals surface area (Å²) in [4.78, 5) is 0. The number of nitrogens with zero attached hydrogens (tertiary/aromatic N) is 2. The Bertz CT molecular complexity index is 627. The summed E-state index contributed by atoms with van der Waals surface area (Å²) in [7, 11) is 0. The van der Waals surface area contributed by atoms with Gasteiger partial charge in [-0.1, -0.05) is 0 Å². The van der Waals surface area contributed by atoms with Gasteiger partial charge in [0.25, 0.3) is 0 Å². The molecule has 0 amide bonds. The van der Waals surface area contributed by atoms with Crippen LogP contribution in [-0.2, 0) is 4.74 Å². The van der Waals surface area contributed by atoms with E-state index in [0.29, 0.717) is 24.6 Å². The van der Waals surface area contributed by atoms with Crippen LogP contribution in [0.25, 0.3) is 5.69 Å². The van der Waals surface area contributed by atoms with Gasteiger partial charge in [-0.05, 0) is 6.42 Å². The van der Waals surface area contributed by atoms with Gasteiger partial charge in [0, 0.05) is 24.7 Å². The quantitative estimate of drug-likeness (QED) is 0.861. The van der Waals surface area contributed by atoms with Crippen molar-refractivity contribution >= 4 is 5.69 Å². The Hall–Kier alpha value is -2.02. The van der Waals surface area contributed by atoms with Crippen molar-refractivity contribution in [1.82, 2.24) is 9.78 Å². The summed E-state index contributed by atoms with van der Waals surface area (Å²) in [5.41, 5.74) is 7.00. The van der Waals surface area contributed by atoms with Crippen molar-refractivity contribution in [2.24, 2.45) is 0 Å². The first-order chi connectivity index (χ1) is 9.56. The van der Waals surface area contributed by atoms with E-state index in [0.717, 1.165) is 18.6 Å². The predicted octanol–water partition coefficient (Wildman–Crippen LogP) is 2.38. The highest BCUT2D eigenvalue weighted by Gasteiger charge is 2.23. The van der Waals surface area contributed by atoms with Crippen LogP contribution in [0.3, 0.4) is 0 Å². The van der Waals surface area contributed by atoms with E-state index in [2.05, 4.69) is 5.10 Å². The number of anilines is 1. The highest BCUT2D eigenvalue weighted by atomic mass is 19.2. The highest BCUT2D eigenvalue weighted by Crippen LogP contribution is 2.29. The maximum absolute atomic E-state index is 13.2. The lowest BCUT2D eigenvalue weighted by Crippen LogP contribution is -2.04. The van der Waals surface area contributed by atoms with E-state index in [4.69, 9.17) is 10.5 Å².